The number of aryl methyl sites for hydroxylation is 1. The molecule has 1 aromatic heterocycles. The van der Waals surface area contributed by atoms with Crippen molar-refractivity contribution in [3.8, 4) is 0 Å². The molecule has 1 aliphatic heterocycles. The van der Waals surface area contributed by atoms with Crippen LogP contribution < -0.4 is 0 Å². The smallest absolute Gasteiger partial charge is 0.124 e. The van der Waals surface area contributed by atoms with Crippen LogP contribution in [-0.2, 0) is 19.5 Å². The number of halogens is 2. The van der Waals surface area contributed by atoms with Gasteiger partial charge in [-0.25, -0.2) is 9.37 Å². The molecule has 0 atom stereocenters. The van der Waals surface area contributed by atoms with E-state index in [4.69, 9.17) is 11.6 Å². The molecular weight excluding hydrogens is 333 g/mol. The van der Waals surface area contributed by atoms with Crippen molar-refractivity contribution in [1.29, 1.82) is 0 Å². The summed E-state index contributed by atoms with van der Waals surface area (Å²) < 4.78 is 13.1. The second-order valence-corrected chi connectivity index (χ2v) is 7.22. The van der Waals surface area contributed by atoms with Crippen molar-refractivity contribution in [2.24, 2.45) is 0 Å². The first kappa shape index (κ1) is 16.8. The van der Waals surface area contributed by atoms with Crippen molar-refractivity contribution in [3.05, 3.63) is 50.7 Å². The molecule has 6 heteroatoms. The summed E-state index contributed by atoms with van der Waals surface area (Å²) in [4.78, 5) is 9.45. The van der Waals surface area contributed by atoms with E-state index in [1.54, 1.807) is 17.4 Å². The third-order valence-electron chi connectivity index (χ3n) is 4.16. The fourth-order valence-corrected chi connectivity index (χ4v) is 3.77. The van der Waals surface area contributed by atoms with Gasteiger partial charge in [0.15, 0.2) is 0 Å². The number of hydrogen-bond acceptors (Lipinski definition) is 4. The predicted octanol–water partition coefficient (Wildman–Crippen LogP) is 3.82. The maximum absolute atomic E-state index is 13.1. The van der Waals surface area contributed by atoms with Crippen LogP contribution in [0.2, 0.25) is 5.02 Å². The minimum atomic E-state index is -0.279. The average Bonchev–Trinajstić information content (AvgIpc) is 2.99. The molecule has 0 amide bonds. The molecule has 3 nitrogen and oxygen atoms in total. The van der Waals surface area contributed by atoms with Gasteiger partial charge in [0, 0.05) is 49.7 Å². The summed E-state index contributed by atoms with van der Waals surface area (Å²) in [5, 5.41) is 3.90. The van der Waals surface area contributed by atoms with E-state index in [0.29, 0.717) is 5.02 Å². The van der Waals surface area contributed by atoms with E-state index in [1.807, 2.05) is 0 Å². The number of thiazole rings is 1. The molecule has 1 saturated heterocycles. The van der Waals surface area contributed by atoms with E-state index < -0.39 is 0 Å². The average molecular weight is 354 g/mol. The van der Waals surface area contributed by atoms with Crippen LogP contribution in [0.15, 0.2) is 23.6 Å². The Hall–Kier alpha value is -1.01. The summed E-state index contributed by atoms with van der Waals surface area (Å²) >= 11 is 7.87. The summed E-state index contributed by atoms with van der Waals surface area (Å²) in [6, 6.07) is 4.65. The highest BCUT2D eigenvalue weighted by Crippen LogP contribution is 2.20. The maximum Gasteiger partial charge on any atom is 0.124 e. The molecule has 0 N–H and O–H groups in total. The van der Waals surface area contributed by atoms with Gasteiger partial charge in [-0.05, 0) is 24.1 Å². The molecule has 2 aromatic rings. The van der Waals surface area contributed by atoms with E-state index in [-0.39, 0.29) is 5.82 Å². The van der Waals surface area contributed by atoms with Crippen molar-refractivity contribution in [2.45, 2.75) is 26.4 Å². The van der Waals surface area contributed by atoms with Gasteiger partial charge >= 0.3 is 0 Å². The molecule has 0 bridgehead atoms. The van der Waals surface area contributed by atoms with E-state index >= 15 is 0 Å². The van der Waals surface area contributed by atoms with Gasteiger partial charge in [-0.3, -0.25) is 9.80 Å². The van der Waals surface area contributed by atoms with Crippen LogP contribution in [0.3, 0.4) is 0 Å². The van der Waals surface area contributed by atoms with Gasteiger partial charge in [0.1, 0.15) is 5.82 Å². The number of nitrogens with zero attached hydrogens (tertiary/aromatic N) is 3. The van der Waals surface area contributed by atoms with Gasteiger partial charge in [0.25, 0.3) is 0 Å². The molecule has 0 unspecified atom stereocenters. The quantitative estimate of drug-likeness (QED) is 0.814. The highest BCUT2D eigenvalue weighted by molar-refractivity contribution is 7.09. The molecule has 0 aliphatic carbocycles. The molecule has 1 aliphatic rings. The lowest BCUT2D eigenvalue weighted by Crippen LogP contribution is -2.45. The first-order valence-electron chi connectivity index (χ1n) is 7.96. The van der Waals surface area contributed by atoms with E-state index in [9.17, 15) is 4.39 Å². The Morgan fingerprint density at radius 1 is 1.17 bits per heavy atom. The van der Waals surface area contributed by atoms with Crippen LogP contribution in [0.4, 0.5) is 4.39 Å². The fraction of sp³-hybridized carbons (Fsp3) is 0.471. The molecule has 124 valence electrons. The van der Waals surface area contributed by atoms with Crippen molar-refractivity contribution >= 4 is 22.9 Å². The van der Waals surface area contributed by atoms with Crippen molar-refractivity contribution < 1.29 is 4.39 Å². The number of aromatic nitrogens is 1. The molecule has 23 heavy (non-hydrogen) atoms. The van der Waals surface area contributed by atoms with E-state index in [2.05, 4.69) is 27.1 Å². The summed E-state index contributed by atoms with van der Waals surface area (Å²) in [6.07, 6.45) is 1.01. The summed E-state index contributed by atoms with van der Waals surface area (Å²) in [7, 11) is 0. The fourth-order valence-electron chi connectivity index (χ4n) is 2.81. The Morgan fingerprint density at radius 2 is 1.87 bits per heavy atom. The van der Waals surface area contributed by atoms with Crippen molar-refractivity contribution in [1.82, 2.24) is 14.8 Å². The number of rotatable bonds is 5. The molecule has 0 spiro atoms. The Bertz CT molecular complexity index is 653. The van der Waals surface area contributed by atoms with Crippen LogP contribution in [0.25, 0.3) is 0 Å². The van der Waals surface area contributed by atoms with E-state index in [1.165, 1.54) is 22.8 Å². The van der Waals surface area contributed by atoms with Gasteiger partial charge < -0.3 is 0 Å². The number of benzene rings is 1. The Balaban J connectivity index is 1.50. The lowest BCUT2D eigenvalue weighted by Gasteiger charge is -2.34. The number of piperazine rings is 1. The third kappa shape index (κ3) is 4.51. The lowest BCUT2D eigenvalue weighted by atomic mass is 10.2. The summed E-state index contributed by atoms with van der Waals surface area (Å²) in [6.45, 7) is 7.90. The minimum Gasteiger partial charge on any atom is -0.296 e. The second kappa shape index (κ2) is 7.71. The van der Waals surface area contributed by atoms with Gasteiger partial charge in [-0.15, -0.1) is 11.3 Å². The molecule has 3 rings (SSSR count). The zero-order valence-corrected chi connectivity index (χ0v) is 14.8. The van der Waals surface area contributed by atoms with Crippen LogP contribution in [-0.4, -0.2) is 41.0 Å². The Morgan fingerprint density at radius 3 is 2.48 bits per heavy atom. The summed E-state index contributed by atoms with van der Waals surface area (Å²) in [5.74, 6) is -0.279. The lowest BCUT2D eigenvalue weighted by molar-refractivity contribution is 0.121. The minimum absolute atomic E-state index is 0.279. The van der Waals surface area contributed by atoms with Crippen LogP contribution in [0, 0.1) is 5.82 Å². The standard InChI is InChI=1S/C17H21ClFN3S/c1-2-17-20-15(12-23-17)11-22-7-5-21(6-8-22)10-13-3-4-14(19)9-16(13)18/h3-4,9,12H,2,5-8,10-11H2,1H3. The largest absolute Gasteiger partial charge is 0.296 e. The summed E-state index contributed by atoms with van der Waals surface area (Å²) in [5.41, 5.74) is 2.18. The normalized spacial score (nSPS) is 16.8. The molecular formula is C17H21ClFN3S. The van der Waals surface area contributed by atoms with Crippen LogP contribution in [0.5, 0.6) is 0 Å². The molecule has 2 heterocycles. The first-order valence-corrected chi connectivity index (χ1v) is 9.21. The monoisotopic (exact) mass is 353 g/mol. The predicted molar refractivity (Wildman–Crippen MR) is 93.5 cm³/mol. The maximum atomic E-state index is 13.1. The van der Waals surface area contributed by atoms with E-state index in [0.717, 1.165) is 51.3 Å². The van der Waals surface area contributed by atoms with Gasteiger partial charge in [-0.1, -0.05) is 24.6 Å². The Labute approximate surface area is 145 Å². The van der Waals surface area contributed by atoms with Crippen LogP contribution >= 0.6 is 22.9 Å². The van der Waals surface area contributed by atoms with Crippen molar-refractivity contribution in [2.75, 3.05) is 26.2 Å². The first-order chi connectivity index (χ1) is 11.1. The van der Waals surface area contributed by atoms with Gasteiger partial charge in [0.05, 0.1) is 10.7 Å². The number of hydrogen-bond donors (Lipinski definition) is 0. The molecule has 1 fully saturated rings. The molecule has 1 aromatic carbocycles. The third-order valence-corrected chi connectivity index (χ3v) is 5.56. The Kier molecular flexibility index (Phi) is 5.64. The zero-order valence-electron chi connectivity index (χ0n) is 13.3. The van der Waals surface area contributed by atoms with Crippen LogP contribution in [0.1, 0.15) is 23.2 Å². The topological polar surface area (TPSA) is 19.4 Å². The zero-order chi connectivity index (χ0) is 16.2. The second-order valence-electron chi connectivity index (χ2n) is 5.87. The molecule has 0 radical (unpaired) electrons. The highest BCUT2D eigenvalue weighted by atomic mass is 35.5. The SMILES string of the molecule is CCc1nc(CN2CCN(Cc3ccc(F)cc3Cl)CC2)cs1. The van der Waals surface area contributed by atoms with Crippen molar-refractivity contribution in [3.63, 3.8) is 0 Å². The molecule has 0 saturated carbocycles. The highest BCUT2D eigenvalue weighted by Gasteiger charge is 2.18. The van der Waals surface area contributed by atoms with Gasteiger partial charge in [-0.2, -0.15) is 0 Å². The van der Waals surface area contributed by atoms with Gasteiger partial charge in [0.2, 0.25) is 0 Å².